The van der Waals surface area contributed by atoms with Crippen LogP contribution in [0.4, 0.5) is 0 Å². The number of likely N-dealkylation sites (N-methyl/N-ethyl adjacent to an activating group) is 1. The van der Waals surface area contributed by atoms with E-state index >= 15 is 0 Å². The number of hydrogen-bond donors (Lipinski definition) is 1. The van der Waals surface area contributed by atoms with Gasteiger partial charge in [-0.2, -0.15) is 0 Å². The number of rotatable bonds is 6. The van der Waals surface area contributed by atoms with Crippen molar-refractivity contribution >= 4 is 0 Å². The molecule has 3 nitrogen and oxygen atoms in total. The average Bonchev–Trinajstić information content (AvgIpc) is 2.49. The molecule has 0 radical (unpaired) electrons. The maximum absolute atomic E-state index is 6.12. The van der Waals surface area contributed by atoms with Crippen LogP contribution in [0.3, 0.4) is 0 Å². The molecular weight excluding hydrogens is 236 g/mol. The third-order valence-electron chi connectivity index (χ3n) is 3.22. The highest BCUT2D eigenvalue weighted by Crippen LogP contribution is 2.31. The molecule has 0 amide bonds. The first-order valence-corrected chi connectivity index (χ1v) is 6.53. The van der Waals surface area contributed by atoms with Crippen molar-refractivity contribution < 1.29 is 4.74 Å². The molecule has 1 N–H and O–H groups in total. The van der Waals surface area contributed by atoms with E-state index in [4.69, 9.17) is 4.74 Å². The predicted octanol–water partition coefficient (Wildman–Crippen LogP) is 2.58. The summed E-state index contributed by atoms with van der Waals surface area (Å²) in [5.41, 5.74) is 1.53. The second kappa shape index (κ2) is 6.45. The summed E-state index contributed by atoms with van der Waals surface area (Å²) in [4.78, 5) is 4.46. The summed E-state index contributed by atoms with van der Waals surface area (Å²) in [5, 5.41) is 3.10. The van der Waals surface area contributed by atoms with E-state index in [1.807, 2.05) is 43.4 Å². The Kier molecular flexibility index (Phi) is 4.66. The number of aromatic nitrogens is 1. The first-order valence-electron chi connectivity index (χ1n) is 6.53. The van der Waals surface area contributed by atoms with E-state index in [1.54, 1.807) is 6.20 Å². The van der Waals surface area contributed by atoms with E-state index in [0.29, 0.717) is 6.61 Å². The van der Waals surface area contributed by atoms with Gasteiger partial charge < -0.3 is 10.1 Å². The van der Waals surface area contributed by atoms with Crippen LogP contribution in [0.2, 0.25) is 0 Å². The molecule has 1 heterocycles. The van der Waals surface area contributed by atoms with Crippen molar-refractivity contribution in [3.8, 4) is 0 Å². The minimum Gasteiger partial charge on any atom is -0.363 e. The molecule has 1 aromatic heterocycles. The molecule has 19 heavy (non-hydrogen) atoms. The molecule has 0 fully saturated rings. The molecule has 0 aliphatic heterocycles. The summed E-state index contributed by atoms with van der Waals surface area (Å²) < 4.78 is 6.12. The molecule has 2 aromatic rings. The Bertz CT molecular complexity index is 445. The lowest BCUT2D eigenvalue weighted by Gasteiger charge is -2.30. The number of ether oxygens (including phenoxy) is 1. The Balaban J connectivity index is 2.33. The summed E-state index contributed by atoms with van der Waals surface area (Å²) in [5.74, 6) is 0. The van der Waals surface area contributed by atoms with Gasteiger partial charge in [0.05, 0.1) is 12.3 Å². The SMILES string of the molecule is CNCCO[C@](C)(c1ccccc1)c1ccccn1. The van der Waals surface area contributed by atoms with Crippen LogP contribution in [-0.2, 0) is 10.3 Å². The van der Waals surface area contributed by atoms with Crippen LogP contribution in [0.5, 0.6) is 0 Å². The fourth-order valence-electron chi connectivity index (χ4n) is 2.06. The molecule has 0 aliphatic rings. The first-order chi connectivity index (χ1) is 9.27. The second-order valence-electron chi connectivity index (χ2n) is 4.57. The van der Waals surface area contributed by atoms with Crippen molar-refractivity contribution in [2.24, 2.45) is 0 Å². The van der Waals surface area contributed by atoms with Crippen LogP contribution in [0, 0.1) is 0 Å². The van der Waals surface area contributed by atoms with Gasteiger partial charge in [0.15, 0.2) is 0 Å². The van der Waals surface area contributed by atoms with E-state index in [-0.39, 0.29) is 0 Å². The third kappa shape index (κ3) is 3.19. The monoisotopic (exact) mass is 256 g/mol. The van der Waals surface area contributed by atoms with Gasteiger partial charge in [0.2, 0.25) is 0 Å². The lowest BCUT2D eigenvalue weighted by molar-refractivity contribution is -0.00467. The number of hydrogen-bond acceptors (Lipinski definition) is 3. The van der Waals surface area contributed by atoms with Crippen molar-refractivity contribution in [3.63, 3.8) is 0 Å². The molecule has 0 saturated carbocycles. The molecule has 3 heteroatoms. The van der Waals surface area contributed by atoms with Gasteiger partial charge in [0.1, 0.15) is 5.60 Å². The van der Waals surface area contributed by atoms with Crippen LogP contribution in [0.1, 0.15) is 18.2 Å². The zero-order chi connectivity index (χ0) is 13.6. The van der Waals surface area contributed by atoms with Gasteiger partial charge in [-0.3, -0.25) is 4.98 Å². The molecule has 0 spiro atoms. The van der Waals surface area contributed by atoms with Gasteiger partial charge in [-0.15, -0.1) is 0 Å². The average molecular weight is 256 g/mol. The maximum Gasteiger partial charge on any atom is 0.132 e. The number of pyridine rings is 1. The smallest absolute Gasteiger partial charge is 0.132 e. The molecule has 1 aromatic carbocycles. The summed E-state index contributed by atoms with van der Waals surface area (Å²) in [6.45, 7) is 3.52. The van der Waals surface area contributed by atoms with Crippen molar-refractivity contribution in [2.75, 3.05) is 20.2 Å². The highest BCUT2D eigenvalue weighted by molar-refractivity contribution is 5.31. The number of nitrogens with zero attached hydrogens (tertiary/aromatic N) is 1. The fourth-order valence-corrected chi connectivity index (χ4v) is 2.06. The molecule has 1 atom stereocenters. The van der Waals surface area contributed by atoms with Crippen LogP contribution in [0.25, 0.3) is 0 Å². The summed E-state index contributed by atoms with van der Waals surface area (Å²) in [7, 11) is 1.92. The highest BCUT2D eigenvalue weighted by atomic mass is 16.5. The molecule has 0 aliphatic carbocycles. The van der Waals surface area contributed by atoms with E-state index in [0.717, 1.165) is 17.8 Å². The molecule has 0 unspecified atom stereocenters. The summed E-state index contributed by atoms with van der Waals surface area (Å²) in [6.07, 6.45) is 1.80. The molecule has 0 bridgehead atoms. The van der Waals surface area contributed by atoms with Crippen molar-refractivity contribution in [2.45, 2.75) is 12.5 Å². The maximum atomic E-state index is 6.12. The van der Waals surface area contributed by atoms with Gasteiger partial charge in [-0.05, 0) is 31.7 Å². The number of nitrogens with one attached hydrogen (secondary N) is 1. The zero-order valence-corrected chi connectivity index (χ0v) is 11.5. The Labute approximate surface area is 114 Å². The number of benzene rings is 1. The second-order valence-corrected chi connectivity index (χ2v) is 4.57. The summed E-state index contributed by atoms with van der Waals surface area (Å²) in [6, 6.07) is 16.1. The standard InChI is InChI=1S/C16H20N2O/c1-16(19-13-12-17-2,14-8-4-3-5-9-14)15-10-6-7-11-18-15/h3-11,17H,12-13H2,1-2H3/t16-/m1/s1. The minimum atomic E-state index is -0.515. The van der Waals surface area contributed by atoms with Crippen LogP contribution in [-0.4, -0.2) is 25.2 Å². The van der Waals surface area contributed by atoms with Gasteiger partial charge in [-0.25, -0.2) is 0 Å². The topological polar surface area (TPSA) is 34.1 Å². The van der Waals surface area contributed by atoms with Crippen molar-refractivity contribution in [3.05, 3.63) is 66.0 Å². The Morgan fingerprint density at radius 2 is 1.84 bits per heavy atom. The van der Waals surface area contributed by atoms with E-state index < -0.39 is 5.60 Å². The van der Waals surface area contributed by atoms with E-state index in [9.17, 15) is 0 Å². The lowest BCUT2D eigenvalue weighted by atomic mass is 9.91. The van der Waals surface area contributed by atoms with Gasteiger partial charge in [-0.1, -0.05) is 36.4 Å². The van der Waals surface area contributed by atoms with Gasteiger partial charge >= 0.3 is 0 Å². The third-order valence-corrected chi connectivity index (χ3v) is 3.22. The van der Waals surface area contributed by atoms with Gasteiger partial charge in [0, 0.05) is 12.7 Å². The Morgan fingerprint density at radius 3 is 2.47 bits per heavy atom. The van der Waals surface area contributed by atoms with Crippen molar-refractivity contribution in [1.29, 1.82) is 0 Å². The largest absolute Gasteiger partial charge is 0.363 e. The first kappa shape index (κ1) is 13.7. The van der Waals surface area contributed by atoms with E-state index in [1.165, 1.54) is 0 Å². The normalized spacial score (nSPS) is 14.0. The molecule has 0 saturated heterocycles. The highest BCUT2D eigenvalue weighted by Gasteiger charge is 2.30. The molecular formula is C16H20N2O. The molecule has 2 rings (SSSR count). The van der Waals surface area contributed by atoms with Crippen LogP contribution >= 0.6 is 0 Å². The molecule has 100 valence electrons. The minimum absolute atomic E-state index is 0.515. The van der Waals surface area contributed by atoms with Crippen molar-refractivity contribution in [1.82, 2.24) is 10.3 Å². The predicted molar refractivity (Wildman–Crippen MR) is 77.0 cm³/mol. The summed E-state index contributed by atoms with van der Waals surface area (Å²) >= 11 is 0. The zero-order valence-electron chi connectivity index (χ0n) is 11.5. The van der Waals surface area contributed by atoms with Crippen LogP contribution < -0.4 is 5.32 Å². The quantitative estimate of drug-likeness (QED) is 0.807. The fraction of sp³-hybridized carbons (Fsp3) is 0.312. The Morgan fingerprint density at radius 1 is 1.11 bits per heavy atom. The Hall–Kier alpha value is -1.71. The lowest BCUT2D eigenvalue weighted by Crippen LogP contribution is -2.31. The van der Waals surface area contributed by atoms with E-state index in [2.05, 4.69) is 29.4 Å². The van der Waals surface area contributed by atoms with Crippen LogP contribution in [0.15, 0.2) is 54.7 Å². The van der Waals surface area contributed by atoms with Gasteiger partial charge in [0.25, 0.3) is 0 Å².